The van der Waals surface area contributed by atoms with Gasteiger partial charge < -0.3 is 9.47 Å². The fraction of sp³-hybridized carbons (Fsp3) is 0.400. The van der Waals surface area contributed by atoms with Gasteiger partial charge in [-0.2, -0.15) is 0 Å². The van der Waals surface area contributed by atoms with Crippen LogP contribution >= 0.6 is 0 Å². The molecule has 1 aromatic heterocycles. The molecule has 10 heteroatoms. The smallest absolute Gasteiger partial charge is 0.439 e. The third-order valence-electron chi connectivity index (χ3n) is 2.90. The highest BCUT2D eigenvalue weighted by Gasteiger charge is 2.24. The Hall–Kier alpha value is -3.17. The SMILES string of the molecule is CC(C)OC(=O)n1nc(OC(C)C)n(-c2cccc([N+](=O)[O-])c2)c1=O. The van der Waals surface area contributed by atoms with E-state index in [1.54, 1.807) is 27.7 Å². The summed E-state index contributed by atoms with van der Waals surface area (Å²) in [4.78, 5) is 35.0. The Labute approximate surface area is 142 Å². The van der Waals surface area contributed by atoms with Crippen LogP contribution in [-0.2, 0) is 4.74 Å². The monoisotopic (exact) mass is 350 g/mol. The van der Waals surface area contributed by atoms with Gasteiger partial charge in [0.15, 0.2) is 0 Å². The Morgan fingerprint density at radius 1 is 1.24 bits per heavy atom. The van der Waals surface area contributed by atoms with Crippen LogP contribution in [0, 0.1) is 10.1 Å². The van der Waals surface area contributed by atoms with Crippen LogP contribution in [0.25, 0.3) is 5.69 Å². The molecule has 2 aromatic rings. The Kier molecular flexibility index (Phi) is 5.20. The molecule has 0 saturated carbocycles. The molecule has 134 valence electrons. The second-order valence-corrected chi connectivity index (χ2v) is 5.69. The number of hydrogen-bond acceptors (Lipinski definition) is 7. The number of non-ortho nitro benzene ring substituents is 1. The molecule has 0 spiro atoms. The van der Waals surface area contributed by atoms with Crippen molar-refractivity contribution in [2.45, 2.75) is 39.9 Å². The minimum absolute atomic E-state index is 0.151. The molecule has 0 bridgehead atoms. The summed E-state index contributed by atoms with van der Waals surface area (Å²) in [6, 6.07) is 5.20. The van der Waals surface area contributed by atoms with Gasteiger partial charge in [0.05, 0.1) is 22.8 Å². The van der Waals surface area contributed by atoms with Crippen LogP contribution in [0.3, 0.4) is 0 Å². The quantitative estimate of drug-likeness (QED) is 0.598. The lowest BCUT2D eigenvalue weighted by Gasteiger charge is -2.09. The number of aromatic nitrogens is 3. The number of hydrogen-bond donors (Lipinski definition) is 0. The average molecular weight is 350 g/mol. The zero-order valence-corrected chi connectivity index (χ0v) is 14.2. The standard InChI is InChI=1S/C15H18N4O6/c1-9(2)24-13-16-18(15(21)25-10(3)4)14(20)17(13)11-6-5-7-12(8-11)19(22)23/h5-10H,1-4H3. The number of ether oxygens (including phenoxy) is 2. The number of nitrogens with zero attached hydrogens (tertiary/aromatic N) is 4. The van der Waals surface area contributed by atoms with E-state index in [9.17, 15) is 19.7 Å². The number of rotatable bonds is 5. The van der Waals surface area contributed by atoms with Crippen LogP contribution in [0.15, 0.2) is 29.1 Å². The van der Waals surface area contributed by atoms with Gasteiger partial charge in [0.1, 0.15) is 0 Å². The molecule has 0 amide bonds. The van der Waals surface area contributed by atoms with E-state index in [1.807, 2.05) is 0 Å². The topological polar surface area (TPSA) is 118 Å². The highest BCUT2D eigenvalue weighted by Crippen LogP contribution is 2.19. The van der Waals surface area contributed by atoms with Gasteiger partial charge in [0.25, 0.3) is 5.69 Å². The molecule has 1 heterocycles. The molecule has 0 radical (unpaired) electrons. The lowest BCUT2D eigenvalue weighted by Crippen LogP contribution is -2.31. The van der Waals surface area contributed by atoms with Gasteiger partial charge in [0, 0.05) is 12.1 Å². The molecule has 10 nitrogen and oxygen atoms in total. The molecule has 0 aliphatic carbocycles. The summed E-state index contributed by atoms with van der Waals surface area (Å²) in [5.74, 6) is 0. The van der Waals surface area contributed by atoms with E-state index in [0.717, 1.165) is 4.57 Å². The minimum atomic E-state index is -0.960. The molecular weight excluding hydrogens is 332 g/mol. The van der Waals surface area contributed by atoms with E-state index >= 15 is 0 Å². The van der Waals surface area contributed by atoms with Gasteiger partial charge >= 0.3 is 17.8 Å². The lowest BCUT2D eigenvalue weighted by atomic mass is 10.3. The van der Waals surface area contributed by atoms with Crippen molar-refractivity contribution in [1.82, 2.24) is 14.3 Å². The third-order valence-corrected chi connectivity index (χ3v) is 2.90. The summed E-state index contributed by atoms with van der Waals surface area (Å²) in [6.45, 7) is 6.69. The molecular formula is C15H18N4O6. The van der Waals surface area contributed by atoms with Gasteiger partial charge in [-0.05, 0) is 33.8 Å². The zero-order valence-electron chi connectivity index (χ0n) is 14.2. The summed E-state index contributed by atoms with van der Waals surface area (Å²) >= 11 is 0. The van der Waals surface area contributed by atoms with Gasteiger partial charge in [0.2, 0.25) is 0 Å². The van der Waals surface area contributed by atoms with E-state index in [0.29, 0.717) is 4.68 Å². The molecule has 0 N–H and O–H groups in total. The predicted octanol–water partition coefficient (Wildman–Crippen LogP) is 2.12. The predicted molar refractivity (Wildman–Crippen MR) is 87.3 cm³/mol. The maximum atomic E-state index is 12.6. The number of nitro benzene ring substituents is 1. The Bertz CT molecular complexity index is 852. The minimum Gasteiger partial charge on any atom is -0.461 e. The molecule has 0 saturated heterocycles. The van der Waals surface area contributed by atoms with Gasteiger partial charge in [-0.25, -0.2) is 14.2 Å². The van der Waals surface area contributed by atoms with Crippen LogP contribution in [0.4, 0.5) is 10.5 Å². The van der Waals surface area contributed by atoms with Crippen molar-refractivity contribution in [2.24, 2.45) is 0 Å². The first kappa shape index (κ1) is 18.2. The van der Waals surface area contributed by atoms with Crippen LogP contribution in [0.2, 0.25) is 0 Å². The number of benzene rings is 1. The molecule has 0 unspecified atom stereocenters. The maximum absolute atomic E-state index is 12.6. The molecule has 0 aliphatic heterocycles. The van der Waals surface area contributed by atoms with Crippen LogP contribution in [-0.4, -0.2) is 37.6 Å². The third kappa shape index (κ3) is 4.03. The van der Waals surface area contributed by atoms with Crippen molar-refractivity contribution in [1.29, 1.82) is 0 Å². The van der Waals surface area contributed by atoms with Crippen molar-refractivity contribution in [2.75, 3.05) is 0 Å². The Balaban J connectivity index is 2.61. The van der Waals surface area contributed by atoms with E-state index in [1.165, 1.54) is 24.3 Å². The lowest BCUT2D eigenvalue weighted by molar-refractivity contribution is -0.384. The van der Waals surface area contributed by atoms with E-state index in [-0.39, 0.29) is 23.5 Å². The summed E-state index contributed by atoms with van der Waals surface area (Å²) in [5, 5.41) is 14.8. The van der Waals surface area contributed by atoms with Crippen molar-refractivity contribution < 1.29 is 19.2 Å². The zero-order chi connectivity index (χ0) is 18.7. The van der Waals surface area contributed by atoms with Crippen molar-refractivity contribution in [3.63, 3.8) is 0 Å². The van der Waals surface area contributed by atoms with E-state index in [2.05, 4.69) is 5.10 Å². The number of nitro groups is 1. The highest BCUT2D eigenvalue weighted by molar-refractivity contribution is 5.69. The molecule has 0 aliphatic rings. The van der Waals surface area contributed by atoms with Crippen LogP contribution < -0.4 is 10.4 Å². The largest absolute Gasteiger partial charge is 0.461 e. The summed E-state index contributed by atoms with van der Waals surface area (Å²) in [6.07, 6.45) is -1.75. The van der Waals surface area contributed by atoms with Crippen molar-refractivity contribution in [3.05, 3.63) is 44.9 Å². The fourth-order valence-electron chi connectivity index (χ4n) is 1.97. The first-order valence-corrected chi connectivity index (χ1v) is 7.55. The second kappa shape index (κ2) is 7.16. The summed E-state index contributed by atoms with van der Waals surface area (Å²) in [5.41, 5.74) is -0.905. The highest BCUT2D eigenvalue weighted by atomic mass is 16.6. The molecule has 25 heavy (non-hydrogen) atoms. The molecule has 0 fully saturated rings. The summed E-state index contributed by atoms with van der Waals surface area (Å²) < 4.78 is 11.9. The van der Waals surface area contributed by atoms with Crippen molar-refractivity contribution >= 4 is 11.8 Å². The van der Waals surface area contributed by atoms with Crippen molar-refractivity contribution in [3.8, 4) is 11.7 Å². The van der Waals surface area contributed by atoms with Gasteiger partial charge in [-0.15, -0.1) is 9.78 Å². The van der Waals surface area contributed by atoms with Gasteiger partial charge in [-0.3, -0.25) is 10.1 Å². The Morgan fingerprint density at radius 3 is 2.48 bits per heavy atom. The van der Waals surface area contributed by atoms with Crippen LogP contribution in [0.5, 0.6) is 6.01 Å². The molecule has 1 aromatic carbocycles. The van der Waals surface area contributed by atoms with E-state index in [4.69, 9.17) is 9.47 Å². The first-order valence-electron chi connectivity index (χ1n) is 7.55. The van der Waals surface area contributed by atoms with E-state index < -0.39 is 22.8 Å². The fourth-order valence-corrected chi connectivity index (χ4v) is 1.97. The Morgan fingerprint density at radius 2 is 1.92 bits per heavy atom. The van der Waals surface area contributed by atoms with Crippen LogP contribution in [0.1, 0.15) is 27.7 Å². The number of carbonyl (C=O) groups is 1. The first-order chi connectivity index (χ1) is 11.7. The molecule has 2 rings (SSSR count). The second-order valence-electron chi connectivity index (χ2n) is 5.69. The number of carbonyl (C=O) groups excluding carboxylic acids is 1. The normalized spacial score (nSPS) is 11.0. The maximum Gasteiger partial charge on any atom is 0.439 e. The average Bonchev–Trinajstić information content (AvgIpc) is 2.82. The molecule has 0 atom stereocenters. The van der Waals surface area contributed by atoms with Gasteiger partial charge in [-0.1, -0.05) is 6.07 Å². The summed E-state index contributed by atoms with van der Waals surface area (Å²) in [7, 11) is 0.